The Bertz CT molecular complexity index is 650. The van der Waals surface area contributed by atoms with Crippen LogP contribution in [0.1, 0.15) is 26.7 Å². The first kappa shape index (κ1) is 20.1. The van der Waals surface area contributed by atoms with Crippen molar-refractivity contribution in [2.75, 3.05) is 19.0 Å². The molecule has 2 rings (SSSR count). The van der Waals surface area contributed by atoms with Crippen LogP contribution in [0.25, 0.3) is 0 Å². The summed E-state index contributed by atoms with van der Waals surface area (Å²) in [4.78, 5) is 36.9. The Morgan fingerprint density at radius 3 is 2.65 bits per heavy atom. The molecule has 1 aromatic carbocycles. The summed E-state index contributed by atoms with van der Waals surface area (Å²) >= 11 is 1.42. The molecule has 0 radical (unpaired) electrons. The van der Waals surface area contributed by atoms with Crippen molar-refractivity contribution in [3.63, 3.8) is 0 Å². The molecular weight excluding hydrogens is 356 g/mol. The van der Waals surface area contributed by atoms with E-state index in [9.17, 15) is 19.5 Å². The molecule has 1 aliphatic heterocycles. The number of amides is 2. The fraction of sp³-hybridized carbons (Fsp3) is 0.500. The number of nitrogens with zero attached hydrogens (tertiary/aromatic N) is 1. The zero-order chi connectivity index (χ0) is 19.2. The van der Waals surface area contributed by atoms with Crippen molar-refractivity contribution < 1.29 is 24.2 Å². The zero-order valence-electron chi connectivity index (χ0n) is 14.9. The number of carboxylic acids is 1. The van der Waals surface area contributed by atoms with E-state index in [1.54, 1.807) is 13.8 Å². The van der Waals surface area contributed by atoms with Crippen molar-refractivity contribution >= 4 is 29.5 Å². The first-order chi connectivity index (χ1) is 12.3. The minimum atomic E-state index is -1.03. The van der Waals surface area contributed by atoms with E-state index in [2.05, 4.69) is 5.32 Å². The molecule has 0 saturated carbocycles. The number of aliphatic carboxylic acids is 1. The lowest BCUT2D eigenvalue weighted by atomic mass is 10.0. The molecule has 1 atom stereocenters. The van der Waals surface area contributed by atoms with Gasteiger partial charge in [0.1, 0.15) is 11.8 Å². The average molecular weight is 380 g/mol. The van der Waals surface area contributed by atoms with Gasteiger partial charge in [-0.2, -0.15) is 0 Å². The van der Waals surface area contributed by atoms with Gasteiger partial charge in [-0.05, 0) is 32.4 Å². The normalized spacial score (nSPS) is 18.4. The predicted octanol–water partition coefficient (Wildman–Crippen LogP) is 1.73. The molecule has 1 unspecified atom stereocenters. The van der Waals surface area contributed by atoms with Gasteiger partial charge in [0.15, 0.2) is 0 Å². The summed E-state index contributed by atoms with van der Waals surface area (Å²) in [7, 11) is 0. The highest BCUT2D eigenvalue weighted by atomic mass is 32.2. The minimum Gasteiger partial charge on any atom is -0.494 e. The summed E-state index contributed by atoms with van der Waals surface area (Å²) in [5, 5.41) is 11.9. The zero-order valence-corrected chi connectivity index (χ0v) is 15.8. The van der Waals surface area contributed by atoms with Crippen molar-refractivity contribution in [2.45, 2.75) is 37.5 Å². The Balaban J connectivity index is 1.70. The Hall–Kier alpha value is -2.22. The third-order valence-corrected chi connectivity index (χ3v) is 5.47. The Morgan fingerprint density at radius 2 is 2.00 bits per heavy atom. The molecule has 8 heteroatoms. The summed E-state index contributed by atoms with van der Waals surface area (Å²) in [6.45, 7) is 3.81. The second-order valence-electron chi connectivity index (χ2n) is 6.52. The van der Waals surface area contributed by atoms with Crippen molar-refractivity contribution in [2.24, 2.45) is 0 Å². The highest BCUT2D eigenvalue weighted by molar-refractivity contribution is 8.00. The molecule has 2 N–H and O–H groups in total. The molecule has 26 heavy (non-hydrogen) atoms. The number of nitrogens with one attached hydrogen (secondary N) is 1. The second-order valence-corrected chi connectivity index (χ2v) is 8.12. The van der Waals surface area contributed by atoms with E-state index in [0.29, 0.717) is 18.9 Å². The Kier molecular flexibility index (Phi) is 6.90. The van der Waals surface area contributed by atoms with Crippen LogP contribution in [-0.4, -0.2) is 57.6 Å². The molecule has 7 nitrogen and oxygen atoms in total. The first-order valence-corrected chi connectivity index (χ1v) is 9.40. The van der Waals surface area contributed by atoms with Gasteiger partial charge in [-0.1, -0.05) is 18.2 Å². The number of benzene rings is 1. The van der Waals surface area contributed by atoms with E-state index >= 15 is 0 Å². The number of rotatable bonds is 8. The first-order valence-electron chi connectivity index (χ1n) is 8.42. The summed E-state index contributed by atoms with van der Waals surface area (Å²) in [5.74, 6) is -0.615. The Labute approximate surface area is 157 Å². The van der Waals surface area contributed by atoms with Gasteiger partial charge in [-0.3, -0.25) is 9.59 Å². The molecule has 1 aliphatic rings. The van der Waals surface area contributed by atoms with Gasteiger partial charge < -0.3 is 20.1 Å². The van der Waals surface area contributed by atoms with Crippen LogP contribution in [0.4, 0.5) is 0 Å². The maximum absolute atomic E-state index is 12.3. The lowest BCUT2D eigenvalue weighted by Crippen LogP contribution is -2.51. The van der Waals surface area contributed by atoms with E-state index in [0.717, 1.165) is 5.75 Å². The molecule has 0 bridgehead atoms. The van der Waals surface area contributed by atoms with Gasteiger partial charge in [0.05, 0.1) is 19.0 Å². The molecule has 2 amide bonds. The van der Waals surface area contributed by atoms with Crippen molar-refractivity contribution in [3.05, 3.63) is 30.3 Å². The lowest BCUT2D eigenvalue weighted by molar-refractivity contribution is -0.149. The number of ether oxygens (including phenoxy) is 1. The number of carboxylic acid groups (broad SMARTS) is 1. The third-order valence-electron chi connectivity index (χ3n) is 4.10. The number of hydrogen-bond acceptors (Lipinski definition) is 5. The number of para-hydroxylation sites is 1. The highest BCUT2D eigenvalue weighted by Crippen LogP contribution is 2.39. The minimum absolute atomic E-state index is 0.196. The largest absolute Gasteiger partial charge is 0.494 e. The smallest absolute Gasteiger partial charge is 0.327 e. The van der Waals surface area contributed by atoms with Crippen molar-refractivity contribution in [1.29, 1.82) is 0 Å². The van der Waals surface area contributed by atoms with Gasteiger partial charge in [0, 0.05) is 11.2 Å². The van der Waals surface area contributed by atoms with E-state index in [1.165, 1.54) is 16.7 Å². The Morgan fingerprint density at radius 1 is 1.31 bits per heavy atom. The van der Waals surface area contributed by atoms with Crippen molar-refractivity contribution in [3.8, 4) is 5.75 Å². The van der Waals surface area contributed by atoms with Crippen LogP contribution in [0.2, 0.25) is 0 Å². The third kappa shape index (κ3) is 5.39. The van der Waals surface area contributed by atoms with Gasteiger partial charge >= 0.3 is 5.97 Å². The maximum Gasteiger partial charge on any atom is 0.327 e. The van der Waals surface area contributed by atoms with Crippen molar-refractivity contribution in [1.82, 2.24) is 10.2 Å². The van der Waals surface area contributed by atoms with Crippen LogP contribution in [0.15, 0.2) is 30.3 Å². The standard InChI is InChI=1S/C18H24N2O5S/c1-18(2)16(17(23)24)20(12-26-18)15(22)11-19-14(21)9-6-10-25-13-7-4-3-5-8-13/h3-5,7-8,16H,6,9-12H2,1-2H3,(H,19,21)(H,23,24). The van der Waals surface area contributed by atoms with E-state index in [-0.39, 0.29) is 24.8 Å². The van der Waals surface area contributed by atoms with E-state index in [4.69, 9.17) is 4.74 Å². The number of hydrogen-bond donors (Lipinski definition) is 2. The summed E-state index contributed by atoms with van der Waals surface area (Å²) < 4.78 is 4.95. The summed E-state index contributed by atoms with van der Waals surface area (Å²) in [6, 6.07) is 8.43. The lowest BCUT2D eigenvalue weighted by Gasteiger charge is -2.27. The molecule has 0 aromatic heterocycles. The molecule has 0 aliphatic carbocycles. The van der Waals surface area contributed by atoms with Gasteiger partial charge in [-0.15, -0.1) is 11.8 Å². The van der Waals surface area contributed by atoms with E-state index in [1.807, 2.05) is 30.3 Å². The molecular formula is C18H24N2O5S. The fourth-order valence-electron chi connectivity index (χ4n) is 2.71. The number of thioether (sulfide) groups is 1. The fourth-order valence-corrected chi connectivity index (χ4v) is 3.87. The second kappa shape index (κ2) is 8.93. The quantitative estimate of drug-likeness (QED) is 0.667. The van der Waals surface area contributed by atoms with Gasteiger partial charge in [-0.25, -0.2) is 4.79 Å². The maximum atomic E-state index is 12.3. The number of carbonyl (C=O) groups excluding carboxylic acids is 2. The topological polar surface area (TPSA) is 95.9 Å². The summed E-state index contributed by atoms with van der Waals surface area (Å²) in [5.41, 5.74) is 0. The molecule has 1 fully saturated rings. The molecule has 142 valence electrons. The van der Waals surface area contributed by atoms with Gasteiger partial charge in [0.2, 0.25) is 11.8 Å². The van der Waals surface area contributed by atoms with Crippen LogP contribution in [0.5, 0.6) is 5.75 Å². The van der Waals surface area contributed by atoms with Crippen LogP contribution in [0, 0.1) is 0 Å². The van der Waals surface area contributed by atoms with Crippen LogP contribution < -0.4 is 10.1 Å². The monoisotopic (exact) mass is 380 g/mol. The number of carbonyl (C=O) groups is 3. The molecule has 1 aromatic rings. The van der Waals surface area contributed by atoms with Gasteiger partial charge in [0.25, 0.3) is 0 Å². The molecule has 1 saturated heterocycles. The van der Waals surface area contributed by atoms with Crippen LogP contribution in [0.3, 0.4) is 0 Å². The van der Waals surface area contributed by atoms with E-state index < -0.39 is 16.8 Å². The predicted molar refractivity (Wildman–Crippen MR) is 99.0 cm³/mol. The average Bonchev–Trinajstić information content (AvgIpc) is 2.93. The van der Waals surface area contributed by atoms with Crippen LogP contribution >= 0.6 is 11.8 Å². The van der Waals surface area contributed by atoms with Crippen LogP contribution in [-0.2, 0) is 14.4 Å². The summed E-state index contributed by atoms with van der Waals surface area (Å²) in [6.07, 6.45) is 0.766. The SMILES string of the molecule is CC1(C)SCN(C(=O)CNC(=O)CCCOc2ccccc2)C1C(=O)O. The molecule has 1 heterocycles. The molecule has 0 spiro atoms. The highest BCUT2D eigenvalue weighted by Gasteiger charge is 2.47.